The molecule has 1 aromatic rings. The number of pyridine rings is 1. The van der Waals surface area contributed by atoms with Crippen LogP contribution in [0, 0.1) is 0 Å². The topological polar surface area (TPSA) is 68.0 Å². The number of anilines is 1. The van der Waals surface area contributed by atoms with E-state index in [9.17, 15) is 18.0 Å². The molecule has 0 aliphatic carbocycles. The number of nitrogens with one attached hydrogen (secondary N) is 1. The van der Waals surface area contributed by atoms with Gasteiger partial charge in [0.1, 0.15) is 5.69 Å². The van der Waals surface area contributed by atoms with Crippen molar-refractivity contribution in [2.24, 2.45) is 5.73 Å². The molecule has 17 heavy (non-hydrogen) atoms. The van der Waals surface area contributed by atoms with Gasteiger partial charge < -0.3 is 11.1 Å². The highest BCUT2D eigenvalue weighted by atomic mass is 19.4. The van der Waals surface area contributed by atoms with E-state index >= 15 is 0 Å². The average Bonchev–Trinajstić information content (AvgIpc) is 2.27. The summed E-state index contributed by atoms with van der Waals surface area (Å²) in [4.78, 5) is 14.5. The fourth-order valence-corrected chi connectivity index (χ4v) is 1.06. The quantitative estimate of drug-likeness (QED) is 0.855. The third-order valence-corrected chi connectivity index (χ3v) is 2.10. The summed E-state index contributed by atoms with van der Waals surface area (Å²) in [5, 5.41) is 2.38. The molecule has 4 nitrogen and oxygen atoms in total. The Labute approximate surface area is 96.0 Å². The van der Waals surface area contributed by atoms with Crippen molar-refractivity contribution in [3.05, 3.63) is 24.0 Å². The number of hydrogen-bond donors (Lipinski definition) is 2. The molecule has 3 N–H and O–H groups in total. The van der Waals surface area contributed by atoms with E-state index in [0.717, 1.165) is 18.3 Å². The third-order valence-electron chi connectivity index (χ3n) is 2.10. The van der Waals surface area contributed by atoms with Crippen molar-refractivity contribution >= 4 is 11.6 Å². The zero-order chi connectivity index (χ0) is 13.1. The summed E-state index contributed by atoms with van der Waals surface area (Å²) in [5.74, 6) is -0.450. The smallest absolute Gasteiger partial charge is 0.323 e. The molecule has 94 valence electrons. The highest BCUT2D eigenvalue weighted by Crippen LogP contribution is 2.27. The minimum Gasteiger partial charge on any atom is -0.323 e. The lowest BCUT2D eigenvalue weighted by atomic mass is 10.2. The summed E-state index contributed by atoms with van der Waals surface area (Å²) in [5.41, 5.74) is 4.63. The van der Waals surface area contributed by atoms with E-state index in [1.54, 1.807) is 6.92 Å². The zero-order valence-electron chi connectivity index (χ0n) is 9.08. The monoisotopic (exact) mass is 247 g/mol. The predicted molar refractivity (Wildman–Crippen MR) is 56.1 cm³/mol. The molecule has 1 aromatic heterocycles. The molecule has 7 heteroatoms. The number of alkyl halides is 3. The molecule has 0 bridgehead atoms. The van der Waals surface area contributed by atoms with Crippen LogP contribution in [0.1, 0.15) is 19.0 Å². The molecule has 0 saturated carbocycles. The lowest BCUT2D eigenvalue weighted by Gasteiger charge is -2.10. The number of carbonyl (C=O) groups is 1. The Kier molecular flexibility index (Phi) is 4.06. The molecule has 1 heterocycles. The van der Waals surface area contributed by atoms with E-state index in [1.807, 2.05) is 0 Å². The molecule has 0 saturated heterocycles. The van der Waals surface area contributed by atoms with Gasteiger partial charge >= 0.3 is 6.18 Å². The summed E-state index contributed by atoms with van der Waals surface area (Å²) >= 11 is 0. The Morgan fingerprint density at radius 3 is 2.59 bits per heavy atom. The first kappa shape index (κ1) is 13.4. The van der Waals surface area contributed by atoms with Gasteiger partial charge in [0.05, 0.1) is 17.9 Å². The molecule has 0 aromatic carbocycles. The van der Waals surface area contributed by atoms with Crippen LogP contribution in [0.3, 0.4) is 0 Å². The van der Waals surface area contributed by atoms with Gasteiger partial charge in [0, 0.05) is 0 Å². The maximum Gasteiger partial charge on any atom is 0.433 e. The predicted octanol–water partition coefficient (Wildman–Crippen LogP) is 1.78. The Morgan fingerprint density at radius 1 is 1.53 bits per heavy atom. The second kappa shape index (κ2) is 5.13. The number of aromatic nitrogens is 1. The SMILES string of the molecule is CC[C@H](N)C(=O)Nc1ccc(C(F)(F)F)nc1. The standard InChI is InChI=1S/C10H12F3N3O/c1-2-7(14)9(17)16-6-3-4-8(15-5-6)10(11,12)13/h3-5,7H,2,14H2,1H3,(H,16,17)/t7-/m0/s1. The lowest BCUT2D eigenvalue weighted by Crippen LogP contribution is -2.34. The van der Waals surface area contributed by atoms with Crippen molar-refractivity contribution in [1.29, 1.82) is 0 Å². The van der Waals surface area contributed by atoms with Crippen molar-refractivity contribution in [3.63, 3.8) is 0 Å². The molecule has 0 aliphatic heterocycles. The van der Waals surface area contributed by atoms with Crippen LogP contribution in [0.5, 0.6) is 0 Å². The van der Waals surface area contributed by atoms with E-state index < -0.39 is 23.8 Å². The first-order chi connectivity index (χ1) is 7.84. The third kappa shape index (κ3) is 3.70. The van der Waals surface area contributed by atoms with Crippen LogP contribution in [-0.2, 0) is 11.0 Å². The van der Waals surface area contributed by atoms with E-state index in [4.69, 9.17) is 5.73 Å². The first-order valence-corrected chi connectivity index (χ1v) is 4.94. The molecule has 0 aliphatic rings. The number of carbonyl (C=O) groups excluding carboxylic acids is 1. The van der Waals surface area contributed by atoms with Crippen molar-refractivity contribution in [1.82, 2.24) is 4.98 Å². The normalized spacial score (nSPS) is 13.2. The van der Waals surface area contributed by atoms with E-state index in [0.29, 0.717) is 6.42 Å². The van der Waals surface area contributed by atoms with Gasteiger partial charge in [-0.05, 0) is 18.6 Å². The Morgan fingerprint density at radius 2 is 2.18 bits per heavy atom. The van der Waals surface area contributed by atoms with Crippen molar-refractivity contribution in [2.75, 3.05) is 5.32 Å². The van der Waals surface area contributed by atoms with Gasteiger partial charge in [0.2, 0.25) is 5.91 Å². The lowest BCUT2D eigenvalue weighted by molar-refractivity contribution is -0.141. The molecule has 1 amide bonds. The summed E-state index contributed by atoms with van der Waals surface area (Å²) in [6.07, 6.45) is -3.09. The Hall–Kier alpha value is -1.63. The van der Waals surface area contributed by atoms with E-state index in [1.165, 1.54) is 0 Å². The van der Waals surface area contributed by atoms with Crippen molar-refractivity contribution < 1.29 is 18.0 Å². The number of nitrogens with zero attached hydrogens (tertiary/aromatic N) is 1. The molecule has 0 radical (unpaired) electrons. The maximum absolute atomic E-state index is 12.2. The fourth-order valence-electron chi connectivity index (χ4n) is 1.06. The number of rotatable bonds is 3. The second-order valence-electron chi connectivity index (χ2n) is 3.43. The fraction of sp³-hybridized carbons (Fsp3) is 0.400. The molecule has 1 atom stereocenters. The van der Waals surface area contributed by atoms with Crippen LogP contribution in [-0.4, -0.2) is 16.9 Å². The van der Waals surface area contributed by atoms with Crippen molar-refractivity contribution in [2.45, 2.75) is 25.6 Å². The first-order valence-electron chi connectivity index (χ1n) is 4.94. The minimum atomic E-state index is -4.48. The van der Waals surface area contributed by atoms with Gasteiger partial charge in [-0.3, -0.25) is 4.79 Å². The minimum absolute atomic E-state index is 0.187. The molecular weight excluding hydrogens is 235 g/mol. The summed E-state index contributed by atoms with van der Waals surface area (Å²) in [7, 11) is 0. The molecule has 0 unspecified atom stereocenters. The van der Waals surface area contributed by atoms with Gasteiger partial charge in [0.25, 0.3) is 0 Å². The largest absolute Gasteiger partial charge is 0.433 e. The van der Waals surface area contributed by atoms with Gasteiger partial charge in [-0.25, -0.2) is 4.98 Å². The van der Waals surface area contributed by atoms with Gasteiger partial charge in [-0.1, -0.05) is 6.92 Å². The van der Waals surface area contributed by atoms with Crippen LogP contribution < -0.4 is 11.1 Å². The van der Waals surface area contributed by atoms with Crippen LogP contribution in [0.4, 0.5) is 18.9 Å². The number of amides is 1. The zero-order valence-corrected chi connectivity index (χ0v) is 9.08. The van der Waals surface area contributed by atoms with E-state index in [-0.39, 0.29) is 5.69 Å². The highest BCUT2D eigenvalue weighted by Gasteiger charge is 2.32. The van der Waals surface area contributed by atoms with Crippen LogP contribution in [0.15, 0.2) is 18.3 Å². The Balaban J connectivity index is 2.73. The number of hydrogen-bond acceptors (Lipinski definition) is 3. The van der Waals surface area contributed by atoms with Crippen LogP contribution in [0.25, 0.3) is 0 Å². The average molecular weight is 247 g/mol. The molecule has 1 rings (SSSR count). The molecule has 0 spiro atoms. The summed E-state index contributed by atoms with van der Waals surface area (Å²) in [6, 6.07) is 1.25. The van der Waals surface area contributed by atoms with E-state index in [2.05, 4.69) is 10.3 Å². The molecule has 0 fully saturated rings. The van der Waals surface area contributed by atoms with Gasteiger partial charge in [-0.15, -0.1) is 0 Å². The van der Waals surface area contributed by atoms with Crippen molar-refractivity contribution in [3.8, 4) is 0 Å². The van der Waals surface area contributed by atoms with Crippen LogP contribution >= 0.6 is 0 Å². The van der Waals surface area contributed by atoms with Crippen LogP contribution in [0.2, 0.25) is 0 Å². The second-order valence-corrected chi connectivity index (χ2v) is 3.43. The maximum atomic E-state index is 12.2. The summed E-state index contributed by atoms with van der Waals surface area (Å²) < 4.78 is 36.6. The number of halogens is 3. The van der Waals surface area contributed by atoms with Gasteiger partial charge in [-0.2, -0.15) is 13.2 Å². The summed E-state index contributed by atoms with van der Waals surface area (Å²) in [6.45, 7) is 1.73. The van der Waals surface area contributed by atoms with Gasteiger partial charge in [0.15, 0.2) is 0 Å². The molecular formula is C10H12F3N3O. The highest BCUT2D eigenvalue weighted by molar-refractivity contribution is 5.94. The number of nitrogens with two attached hydrogens (primary N) is 1. The Bertz CT molecular complexity index is 389.